The summed E-state index contributed by atoms with van der Waals surface area (Å²) in [6, 6.07) is 10.2. The van der Waals surface area contributed by atoms with Crippen molar-refractivity contribution in [1.82, 2.24) is 5.32 Å². The second kappa shape index (κ2) is 5.18. The van der Waals surface area contributed by atoms with Gasteiger partial charge < -0.3 is 15.5 Å². The summed E-state index contributed by atoms with van der Waals surface area (Å²) >= 11 is 0. The van der Waals surface area contributed by atoms with Gasteiger partial charge in [0.15, 0.2) is 0 Å². The van der Waals surface area contributed by atoms with Crippen molar-refractivity contribution in [2.24, 2.45) is 0 Å². The molecule has 0 aromatic heterocycles. The molecule has 0 radical (unpaired) electrons. The Labute approximate surface area is 120 Å². The standard InChI is InChI=1S/C16H14FNO3/c17-13-8-10(19)5-6-12(13)16(21)18-15-11-4-2-1-3-9(11)7-14(15)20/h1-6,8,14-15,19-20H,7H2,(H,18,21)/t14-,15+/m0/s1. The highest BCUT2D eigenvalue weighted by Gasteiger charge is 2.32. The van der Waals surface area contributed by atoms with Crippen molar-refractivity contribution >= 4 is 5.91 Å². The number of carbonyl (C=O) groups excluding carboxylic acids is 1. The van der Waals surface area contributed by atoms with Crippen LogP contribution in [0.1, 0.15) is 27.5 Å². The molecule has 2 aromatic rings. The Morgan fingerprint density at radius 2 is 2.00 bits per heavy atom. The average molecular weight is 287 g/mol. The van der Waals surface area contributed by atoms with Crippen LogP contribution in [0.4, 0.5) is 4.39 Å². The predicted octanol–water partition coefficient (Wildman–Crippen LogP) is 1.92. The van der Waals surface area contributed by atoms with E-state index in [0.717, 1.165) is 17.2 Å². The Morgan fingerprint density at radius 3 is 2.76 bits per heavy atom. The van der Waals surface area contributed by atoms with Crippen molar-refractivity contribution in [3.63, 3.8) is 0 Å². The summed E-state index contributed by atoms with van der Waals surface area (Å²) in [6.07, 6.45) is -0.273. The molecule has 3 rings (SSSR count). The first-order valence-electron chi connectivity index (χ1n) is 6.61. The van der Waals surface area contributed by atoms with Crippen molar-refractivity contribution < 1.29 is 19.4 Å². The Balaban J connectivity index is 1.85. The van der Waals surface area contributed by atoms with Crippen LogP contribution in [-0.4, -0.2) is 22.2 Å². The van der Waals surface area contributed by atoms with Crippen molar-refractivity contribution in [3.05, 3.63) is 65.0 Å². The van der Waals surface area contributed by atoms with Crippen LogP contribution in [0.15, 0.2) is 42.5 Å². The molecule has 0 spiro atoms. The Morgan fingerprint density at radius 1 is 1.24 bits per heavy atom. The number of nitrogens with one attached hydrogen (secondary N) is 1. The number of aliphatic hydroxyl groups excluding tert-OH is 1. The predicted molar refractivity (Wildman–Crippen MR) is 74.4 cm³/mol. The molecule has 2 aromatic carbocycles. The Hall–Kier alpha value is -2.40. The average Bonchev–Trinajstić information content (AvgIpc) is 2.75. The highest BCUT2D eigenvalue weighted by molar-refractivity contribution is 5.95. The lowest BCUT2D eigenvalue weighted by molar-refractivity contribution is 0.0854. The molecule has 0 saturated carbocycles. The normalized spacial score (nSPS) is 20.1. The van der Waals surface area contributed by atoms with E-state index < -0.39 is 23.9 Å². The van der Waals surface area contributed by atoms with E-state index in [2.05, 4.69) is 5.32 Å². The molecule has 1 amide bonds. The number of carbonyl (C=O) groups is 1. The maximum atomic E-state index is 13.7. The zero-order valence-corrected chi connectivity index (χ0v) is 11.1. The van der Waals surface area contributed by atoms with Crippen LogP contribution >= 0.6 is 0 Å². The number of phenolic OH excluding ortho intramolecular Hbond substituents is 1. The number of fused-ring (bicyclic) bond motifs is 1. The largest absolute Gasteiger partial charge is 0.508 e. The first kappa shape index (κ1) is 13.6. The molecule has 1 aliphatic rings. The second-order valence-electron chi connectivity index (χ2n) is 5.09. The van der Waals surface area contributed by atoms with E-state index in [1.54, 1.807) is 0 Å². The number of aliphatic hydroxyl groups is 1. The monoisotopic (exact) mass is 287 g/mol. The van der Waals surface area contributed by atoms with Crippen LogP contribution < -0.4 is 5.32 Å². The fraction of sp³-hybridized carbons (Fsp3) is 0.188. The summed E-state index contributed by atoms with van der Waals surface area (Å²) < 4.78 is 13.7. The summed E-state index contributed by atoms with van der Waals surface area (Å²) in [6.45, 7) is 0. The minimum absolute atomic E-state index is 0.163. The molecule has 0 saturated heterocycles. The smallest absolute Gasteiger partial charge is 0.254 e. The molecule has 0 fully saturated rings. The molecule has 0 bridgehead atoms. The van der Waals surface area contributed by atoms with Crippen molar-refractivity contribution in [2.45, 2.75) is 18.6 Å². The lowest BCUT2D eigenvalue weighted by Gasteiger charge is -2.18. The second-order valence-corrected chi connectivity index (χ2v) is 5.09. The summed E-state index contributed by atoms with van der Waals surface area (Å²) in [5.41, 5.74) is 1.66. The van der Waals surface area contributed by atoms with Crippen LogP contribution in [0.25, 0.3) is 0 Å². The maximum absolute atomic E-state index is 13.7. The zero-order valence-electron chi connectivity index (χ0n) is 11.1. The third-order valence-electron chi connectivity index (χ3n) is 3.69. The van der Waals surface area contributed by atoms with E-state index in [-0.39, 0.29) is 11.3 Å². The van der Waals surface area contributed by atoms with Gasteiger partial charge in [-0.25, -0.2) is 4.39 Å². The van der Waals surface area contributed by atoms with Gasteiger partial charge in [-0.3, -0.25) is 4.79 Å². The maximum Gasteiger partial charge on any atom is 0.254 e. The van der Waals surface area contributed by atoms with Gasteiger partial charge in [-0.15, -0.1) is 0 Å². The molecule has 0 aliphatic heterocycles. The minimum atomic E-state index is -0.798. The number of phenols is 1. The number of rotatable bonds is 2. The van der Waals surface area contributed by atoms with E-state index in [1.165, 1.54) is 12.1 Å². The van der Waals surface area contributed by atoms with E-state index in [1.807, 2.05) is 24.3 Å². The van der Waals surface area contributed by atoms with Gasteiger partial charge >= 0.3 is 0 Å². The zero-order chi connectivity index (χ0) is 15.0. The van der Waals surface area contributed by atoms with Crippen molar-refractivity contribution in [1.29, 1.82) is 0 Å². The molecule has 0 heterocycles. The Bertz CT molecular complexity index is 702. The van der Waals surface area contributed by atoms with E-state index in [4.69, 9.17) is 5.11 Å². The van der Waals surface area contributed by atoms with E-state index in [9.17, 15) is 14.3 Å². The molecule has 5 heteroatoms. The fourth-order valence-corrected chi connectivity index (χ4v) is 2.66. The summed E-state index contributed by atoms with van der Waals surface area (Å²) in [5.74, 6) is -1.66. The molecule has 1 aliphatic carbocycles. The van der Waals surface area contributed by atoms with Gasteiger partial charge in [-0.2, -0.15) is 0 Å². The van der Waals surface area contributed by atoms with Gasteiger partial charge in [-0.05, 0) is 23.3 Å². The van der Waals surface area contributed by atoms with Gasteiger partial charge in [0.05, 0.1) is 17.7 Å². The molecule has 4 nitrogen and oxygen atoms in total. The SMILES string of the molecule is O=C(N[C@@H]1c2ccccc2C[C@@H]1O)c1ccc(O)cc1F. The first-order valence-corrected chi connectivity index (χ1v) is 6.61. The lowest BCUT2D eigenvalue weighted by Crippen LogP contribution is -2.34. The fourth-order valence-electron chi connectivity index (χ4n) is 2.66. The van der Waals surface area contributed by atoms with Gasteiger partial charge in [0.25, 0.3) is 5.91 Å². The number of halogens is 1. The summed E-state index contributed by atoms with van der Waals surface area (Å²) in [7, 11) is 0. The van der Waals surface area contributed by atoms with Crippen molar-refractivity contribution in [3.8, 4) is 5.75 Å². The van der Waals surface area contributed by atoms with Crippen LogP contribution in [0, 0.1) is 5.82 Å². The quantitative estimate of drug-likeness (QED) is 0.790. The van der Waals surface area contributed by atoms with E-state index in [0.29, 0.717) is 6.42 Å². The van der Waals surface area contributed by atoms with Crippen molar-refractivity contribution in [2.75, 3.05) is 0 Å². The third-order valence-corrected chi connectivity index (χ3v) is 3.69. The van der Waals surface area contributed by atoms with Crippen LogP contribution in [0.3, 0.4) is 0 Å². The van der Waals surface area contributed by atoms with Crippen LogP contribution in [0.5, 0.6) is 5.75 Å². The van der Waals surface area contributed by atoms with Gasteiger partial charge in [0.1, 0.15) is 11.6 Å². The molecule has 21 heavy (non-hydrogen) atoms. The summed E-state index contributed by atoms with van der Waals surface area (Å²) in [4.78, 5) is 12.1. The van der Waals surface area contributed by atoms with Crippen LogP contribution in [0.2, 0.25) is 0 Å². The number of hydrogen-bond acceptors (Lipinski definition) is 3. The first-order chi connectivity index (χ1) is 10.1. The Kier molecular flexibility index (Phi) is 3.35. The van der Waals surface area contributed by atoms with Crippen LogP contribution in [-0.2, 0) is 6.42 Å². The minimum Gasteiger partial charge on any atom is -0.508 e. The highest BCUT2D eigenvalue weighted by atomic mass is 19.1. The topological polar surface area (TPSA) is 69.6 Å². The number of aromatic hydroxyl groups is 1. The third kappa shape index (κ3) is 2.48. The summed E-state index contributed by atoms with van der Waals surface area (Å²) in [5, 5.41) is 21.9. The molecule has 0 unspecified atom stereocenters. The molecular formula is C16H14FNO3. The van der Waals surface area contributed by atoms with Gasteiger partial charge in [0.2, 0.25) is 0 Å². The number of hydrogen-bond donors (Lipinski definition) is 3. The lowest BCUT2D eigenvalue weighted by atomic mass is 10.1. The highest BCUT2D eigenvalue weighted by Crippen LogP contribution is 2.31. The number of amides is 1. The van der Waals surface area contributed by atoms with Gasteiger partial charge in [0, 0.05) is 12.5 Å². The molecule has 2 atom stereocenters. The number of benzene rings is 2. The van der Waals surface area contributed by atoms with Gasteiger partial charge in [-0.1, -0.05) is 24.3 Å². The van der Waals surface area contributed by atoms with E-state index >= 15 is 0 Å². The molecular weight excluding hydrogens is 273 g/mol. The molecule has 3 N–H and O–H groups in total. The molecule has 108 valence electrons.